The standard InChI is InChI=1S/C20H26FN3O.HI/c1-15(2)25-14-17-10-8-16(9-11-17)12-23-20(22-3)24-13-18-6-4-5-7-19(18)21;/h4-11,15H,12-14H2,1-3H3,(H2,22,23,24);1H. The topological polar surface area (TPSA) is 45.7 Å². The Morgan fingerprint density at radius 1 is 1.00 bits per heavy atom. The van der Waals surface area contributed by atoms with Crippen LogP contribution in [0.4, 0.5) is 4.39 Å². The number of hydrogen-bond acceptors (Lipinski definition) is 2. The maximum absolute atomic E-state index is 13.6. The van der Waals surface area contributed by atoms with Crippen LogP contribution in [-0.4, -0.2) is 19.1 Å². The van der Waals surface area contributed by atoms with Gasteiger partial charge in [0.2, 0.25) is 0 Å². The van der Waals surface area contributed by atoms with Gasteiger partial charge in [0.25, 0.3) is 0 Å². The molecule has 6 heteroatoms. The van der Waals surface area contributed by atoms with Crippen LogP contribution in [0.3, 0.4) is 0 Å². The van der Waals surface area contributed by atoms with E-state index in [1.165, 1.54) is 6.07 Å². The fraction of sp³-hybridized carbons (Fsp3) is 0.350. The van der Waals surface area contributed by atoms with E-state index in [-0.39, 0.29) is 35.9 Å². The number of aliphatic imine (C=N–C) groups is 1. The molecule has 0 aliphatic rings. The van der Waals surface area contributed by atoms with Gasteiger partial charge in [-0.15, -0.1) is 24.0 Å². The molecule has 0 unspecified atom stereocenters. The Kier molecular flexibility index (Phi) is 10.2. The second kappa shape index (κ2) is 11.9. The smallest absolute Gasteiger partial charge is 0.191 e. The van der Waals surface area contributed by atoms with E-state index in [0.29, 0.717) is 31.2 Å². The summed E-state index contributed by atoms with van der Waals surface area (Å²) in [5.74, 6) is 0.417. The second-order valence-corrected chi connectivity index (χ2v) is 6.05. The van der Waals surface area contributed by atoms with Crippen LogP contribution in [-0.2, 0) is 24.4 Å². The Morgan fingerprint density at radius 3 is 2.23 bits per heavy atom. The number of halogens is 2. The molecular weight excluding hydrogens is 444 g/mol. The highest BCUT2D eigenvalue weighted by molar-refractivity contribution is 14.0. The van der Waals surface area contributed by atoms with Crippen molar-refractivity contribution in [2.75, 3.05) is 7.05 Å². The highest BCUT2D eigenvalue weighted by atomic mass is 127. The minimum absolute atomic E-state index is 0. The van der Waals surface area contributed by atoms with Crippen molar-refractivity contribution in [3.8, 4) is 0 Å². The number of guanidine groups is 1. The normalized spacial score (nSPS) is 11.2. The maximum Gasteiger partial charge on any atom is 0.191 e. The maximum atomic E-state index is 13.6. The van der Waals surface area contributed by atoms with Crippen molar-refractivity contribution in [2.45, 2.75) is 39.6 Å². The number of benzene rings is 2. The zero-order valence-electron chi connectivity index (χ0n) is 15.5. The van der Waals surface area contributed by atoms with Crippen LogP contribution in [0.1, 0.15) is 30.5 Å². The highest BCUT2D eigenvalue weighted by Crippen LogP contribution is 2.07. The molecule has 2 aromatic rings. The van der Waals surface area contributed by atoms with Gasteiger partial charge in [0.05, 0.1) is 12.7 Å². The average Bonchev–Trinajstić information content (AvgIpc) is 2.62. The van der Waals surface area contributed by atoms with Crippen molar-refractivity contribution in [3.05, 3.63) is 71.0 Å². The predicted octanol–water partition coefficient (Wildman–Crippen LogP) is 4.23. The zero-order valence-corrected chi connectivity index (χ0v) is 17.8. The summed E-state index contributed by atoms with van der Waals surface area (Å²) in [6.07, 6.45) is 0.227. The van der Waals surface area contributed by atoms with Crippen molar-refractivity contribution < 1.29 is 9.13 Å². The van der Waals surface area contributed by atoms with E-state index in [0.717, 1.165) is 11.1 Å². The van der Waals surface area contributed by atoms with Gasteiger partial charge in [-0.2, -0.15) is 0 Å². The monoisotopic (exact) mass is 471 g/mol. The van der Waals surface area contributed by atoms with Gasteiger partial charge < -0.3 is 15.4 Å². The third-order valence-corrected chi connectivity index (χ3v) is 3.69. The first-order valence-corrected chi connectivity index (χ1v) is 8.46. The molecule has 0 atom stereocenters. The summed E-state index contributed by atoms with van der Waals surface area (Å²) in [7, 11) is 1.70. The van der Waals surface area contributed by atoms with Gasteiger partial charge in [0.15, 0.2) is 5.96 Å². The molecule has 0 heterocycles. The molecule has 0 spiro atoms. The van der Waals surface area contributed by atoms with E-state index < -0.39 is 0 Å². The fourth-order valence-corrected chi connectivity index (χ4v) is 2.24. The van der Waals surface area contributed by atoms with E-state index in [1.807, 2.05) is 19.9 Å². The largest absolute Gasteiger partial charge is 0.374 e. The molecule has 0 aromatic heterocycles. The first kappa shape index (κ1) is 22.4. The van der Waals surface area contributed by atoms with Gasteiger partial charge in [0.1, 0.15) is 5.82 Å². The van der Waals surface area contributed by atoms with Crippen molar-refractivity contribution >= 4 is 29.9 Å². The van der Waals surface area contributed by atoms with Gasteiger partial charge >= 0.3 is 0 Å². The molecule has 0 aliphatic heterocycles. The van der Waals surface area contributed by atoms with Crippen LogP contribution in [0.5, 0.6) is 0 Å². The zero-order chi connectivity index (χ0) is 18.1. The quantitative estimate of drug-likeness (QED) is 0.361. The van der Waals surface area contributed by atoms with Crippen LogP contribution >= 0.6 is 24.0 Å². The molecular formula is C20H27FIN3O. The van der Waals surface area contributed by atoms with Crippen LogP contribution in [0.25, 0.3) is 0 Å². The lowest BCUT2D eigenvalue weighted by atomic mass is 10.1. The molecule has 0 amide bonds. The first-order valence-electron chi connectivity index (χ1n) is 8.46. The molecule has 26 heavy (non-hydrogen) atoms. The first-order chi connectivity index (χ1) is 12.1. The molecule has 0 aliphatic carbocycles. The summed E-state index contributed by atoms with van der Waals surface area (Å²) in [4.78, 5) is 4.17. The lowest BCUT2D eigenvalue weighted by molar-refractivity contribution is 0.0657. The summed E-state index contributed by atoms with van der Waals surface area (Å²) in [5.41, 5.74) is 2.90. The third-order valence-electron chi connectivity index (χ3n) is 3.69. The van der Waals surface area contributed by atoms with Crippen LogP contribution < -0.4 is 10.6 Å². The molecule has 2 rings (SSSR count). The van der Waals surface area contributed by atoms with Crippen LogP contribution in [0.2, 0.25) is 0 Å². The molecule has 0 radical (unpaired) electrons. The Balaban J connectivity index is 0.00000338. The SMILES string of the molecule is CN=C(NCc1ccc(COC(C)C)cc1)NCc1ccccc1F.I. The van der Waals surface area contributed by atoms with Gasteiger partial charge in [-0.1, -0.05) is 42.5 Å². The summed E-state index contributed by atoms with van der Waals surface area (Å²) < 4.78 is 19.2. The Labute approximate surface area is 172 Å². The second-order valence-electron chi connectivity index (χ2n) is 6.05. The molecule has 0 saturated heterocycles. The molecule has 2 N–H and O–H groups in total. The molecule has 2 aromatic carbocycles. The van der Waals surface area contributed by atoms with E-state index in [2.05, 4.69) is 39.9 Å². The lowest BCUT2D eigenvalue weighted by Gasteiger charge is -2.13. The summed E-state index contributed by atoms with van der Waals surface area (Å²) in [5, 5.41) is 6.35. The number of nitrogens with one attached hydrogen (secondary N) is 2. The minimum atomic E-state index is -0.218. The highest BCUT2D eigenvalue weighted by Gasteiger charge is 2.03. The minimum Gasteiger partial charge on any atom is -0.374 e. The Morgan fingerprint density at radius 2 is 1.62 bits per heavy atom. The van der Waals surface area contributed by atoms with Crippen LogP contribution in [0.15, 0.2) is 53.5 Å². The van der Waals surface area contributed by atoms with Gasteiger partial charge in [-0.25, -0.2) is 4.39 Å². The van der Waals surface area contributed by atoms with Gasteiger partial charge in [0, 0.05) is 25.7 Å². The Hall–Kier alpha value is -1.67. The lowest BCUT2D eigenvalue weighted by Crippen LogP contribution is -2.36. The van der Waals surface area contributed by atoms with E-state index in [9.17, 15) is 4.39 Å². The third kappa shape index (κ3) is 7.70. The van der Waals surface area contributed by atoms with Crippen molar-refractivity contribution in [2.24, 2.45) is 4.99 Å². The molecule has 142 valence electrons. The summed E-state index contributed by atoms with van der Waals surface area (Å²) in [6, 6.07) is 15.0. The number of rotatable bonds is 7. The Bertz CT molecular complexity index is 690. The van der Waals surface area contributed by atoms with Gasteiger partial charge in [-0.05, 0) is 31.0 Å². The number of nitrogens with zero attached hydrogens (tertiary/aromatic N) is 1. The van der Waals surface area contributed by atoms with Crippen molar-refractivity contribution in [1.82, 2.24) is 10.6 Å². The molecule has 0 bridgehead atoms. The predicted molar refractivity (Wildman–Crippen MR) is 115 cm³/mol. The van der Waals surface area contributed by atoms with E-state index in [1.54, 1.807) is 19.2 Å². The van der Waals surface area contributed by atoms with Crippen molar-refractivity contribution in [3.63, 3.8) is 0 Å². The van der Waals surface area contributed by atoms with Gasteiger partial charge in [-0.3, -0.25) is 4.99 Å². The number of hydrogen-bond donors (Lipinski definition) is 2. The molecule has 0 fully saturated rings. The van der Waals surface area contributed by atoms with Crippen molar-refractivity contribution in [1.29, 1.82) is 0 Å². The summed E-state index contributed by atoms with van der Waals surface area (Å²) >= 11 is 0. The molecule has 4 nitrogen and oxygen atoms in total. The summed E-state index contributed by atoms with van der Waals surface area (Å²) in [6.45, 7) is 5.70. The fourth-order valence-electron chi connectivity index (χ4n) is 2.24. The number of ether oxygens (including phenoxy) is 1. The van der Waals surface area contributed by atoms with E-state index in [4.69, 9.17) is 4.74 Å². The van der Waals surface area contributed by atoms with E-state index >= 15 is 0 Å². The van der Waals surface area contributed by atoms with Crippen LogP contribution in [0, 0.1) is 5.82 Å². The molecule has 0 saturated carbocycles. The average molecular weight is 471 g/mol.